The van der Waals surface area contributed by atoms with Crippen molar-refractivity contribution in [1.29, 1.82) is 0 Å². The summed E-state index contributed by atoms with van der Waals surface area (Å²) in [6.45, 7) is 5.03. The van der Waals surface area contributed by atoms with Gasteiger partial charge in [-0.1, -0.05) is 12.8 Å². The molecule has 2 aliphatic carbocycles. The molecular formula is C14H28N4. The summed E-state index contributed by atoms with van der Waals surface area (Å²) in [6.07, 6.45) is 8.16. The fourth-order valence-electron chi connectivity index (χ4n) is 2.59. The molecule has 0 spiro atoms. The minimum Gasteiger partial charge on any atom is -0.357 e. The lowest BCUT2D eigenvalue weighted by Gasteiger charge is -2.23. The van der Waals surface area contributed by atoms with Crippen LogP contribution in [0.1, 0.15) is 45.4 Å². The van der Waals surface area contributed by atoms with Crippen molar-refractivity contribution in [3.63, 3.8) is 0 Å². The predicted octanol–water partition coefficient (Wildman–Crippen LogP) is 1.58. The molecule has 4 heteroatoms. The molecule has 0 bridgehead atoms. The van der Waals surface area contributed by atoms with E-state index >= 15 is 0 Å². The third kappa shape index (κ3) is 4.48. The van der Waals surface area contributed by atoms with Crippen LogP contribution >= 0.6 is 0 Å². The Balaban J connectivity index is 1.69. The Hall–Kier alpha value is -0.770. The van der Waals surface area contributed by atoms with Gasteiger partial charge < -0.3 is 15.5 Å². The first kappa shape index (κ1) is 13.7. The van der Waals surface area contributed by atoms with Crippen molar-refractivity contribution in [2.75, 3.05) is 26.7 Å². The van der Waals surface area contributed by atoms with E-state index in [0.29, 0.717) is 6.04 Å². The van der Waals surface area contributed by atoms with E-state index in [-0.39, 0.29) is 0 Å². The summed E-state index contributed by atoms with van der Waals surface area (Å²) in [5.74, 6) is 1.000. The van der Waals surface area contributed by atoms with Crippen LogP contribution in [0.15, 0.2) is 4.99 Å². The quantitative estimate of drug-likeness (QED) is 0.557. The van der Waals surface area contributed by atoms with Crippen molar-refractivity contribution in [1.82, 2.24) is 15.5 Å². The van der Waals surface area contributed by atoms with Gasteiger partial charge in [-0.25, -0.2) is 0 Å². The lowest BCUT2D eigenvalue weighted by molar-refractivity contribution is 0.252. The van der Waals surface area contributed by atoms with E-state index in [1.54, 1.807) is 0 Å². The number of nitrogens with one attached hydrogen (secondary N) is 2. The molecule has 104 valence electrons. The van der Waals surface area contributed by atoms with Crippen molar-refractivity contribution < 1.29 is 0 Å². The fraction of sp³-hybridized carbons (Fsp3) is 0.929. The van der Waals surface area contributed by atoms with Gasteiger partial charge in [0.15, 0.2) is 5.96 Å². The van der Waals surface area contributed by atoms with Crippen LogP contribution in [0.25, 0.3) is 0 Å². The van der Waals surface area contributed by atoms with Crippen molar-refractivity contribution in [2.45, 2.75) is 57.5 Å². The molecule has 2 fully saturated rings. The van der Waals surface area contributed by atoms with Crippen LogP contribution in [0.3, 0.4) is 0 Å². The molecule has 2 N–H and O–H groups in total. The van der Waals surface area contributed by atoms with Crippen LogP contribution in [-0.2, 0) is 0 Å². The number of likely N-dealkylation sites (N-methyl/N-ethyl adjacent to an activating group) is 1. The van der Waals surface area contributed by atoms with Crippen LogP contribution < -0.4 is 10.6 Å². The molecule has 2 aliphatic rings. The molecule has 2 saturated carbocycles. The molecule has 0 unspecified atom stereocenters. The van der Waals surface area contributed by atoms with Crippen LogP contribution in [0.5, 0.6) is 0 Å². The van der Waals surface area contributed by atoms with Crippen molar-refractivity contribution in [3.8, 4) is 0 Å². The number of hydrogen-bond donors (Lipinski definition) is 2. The lowest BCUT2D eigenvalue weighted by atomic mass is 10.2. The summed E-state index contributed by atoms with van der Waals surface area (Å²) in [5, 5.41) is 6.77. The normalized spacial score (nSPS) is 21.6. The Morgan fingerprint density at radius 2 is 1.94 bits per heavy atom. The molecule has 0 heterocycles. The van der Waals surface area contributed by atoms with Gasteiger partial charge in [0.05, 0.1) is 6.54 Å². The minimum absolute atomic E-state index is 0.676. The predicted molar refractivity (Wildman–Crippen MR) is 77.0 cm³/mol. The van der Waals surface area contributed by atoms with E-state index in [1.807, 2.05) is 0 Å². The highest BCUT2D eigenvalue weighted by Crippen LogP contribution is 2.22. The maximum atomic E-state index is 4.66. The van der Waals surface area contributed by atoms with E-state index in [4.69, 9.17) is 0 Å². The highest BCUT2D eigenvalue weighted by Gasteiger charge is 2.22. The first-order valence-corrected chi connectivity index (χ1v) is 7.54. The van der Waals surface area contributed by atoms with E-state index in [9.17, 15) is 0 Å². The molecule has 0 radical (unpaired) electrons. The first-order valence-electron chi connectivity index (χ1n) is 7.54. The van der Waals surface area contributed by atoms with Crippen LogP contribution in [0, 0.1) is 0 Å². The average molecular weight is 252 g/mol. The zero-order chi connectivity index (χ0) is 12.8. The van der Waals surface area contributed by atoms with E-state index in [1.165, 1.54) is 38.5 Å². The van der Waals surface area contributed by atoms with Gasteiger partial charge in [-0.2, -0.15) is 0 Å². The zero-order valence-electron chi connectivity index (χ0n) is 11.9. The molecule has 0 saturated heterocycles. The molecule has 4 nitrogen and oxygen atoms in total. The average Bonchev–Trinajstić information content (AvgIpc) is 3.00. The van der Waals surface area contributed by atoms with E-state index in [0.717, 1.165) is 31.6 Å². The Kier molecular flexibility index (Phi) is 5.29. The van der Waals surface area contributed by atoms with Crippen molar-refractivity contribution >= 4 is 5.96 Å². The maximum absolute atomic E-state index is 4.66. The lowest BCUT2D eigenvalue weighted by Crippen LogP contribution is -2.39. The Morgan fingerprint density at radius 1 is 1.22 bits per heavy atom. The topological polar surface area (TPSA) is 39.7 Å². The van der Waals surface area contributed by atoms with Gasteiger partial charge in [-0.3, -0.25) is 4.99 Å². The molecule has 0 atom stereocenters. The molecule has 0 aromatic rings. The number of nitrogens with zero attached hydrogens (tertiary/aromatic N) is 2. The minimum atomic E-state index is 0.676. The van der Waals surface area contributed by atoms with Gasteiger partial charge in [0.2, 0.25) is 0 Å². The van der Waals surface area contributed by atoms with Crippen molar-refractivity contribution in [3.05, 3.63) is 0 Å². The number of guanidine groups is 1. The number of rotatable bonds is 6. The largest absolute Gasteiger partial charge is 0.357 e. The molecule has 0 aromatic heterocycles. The molecular weight excluding hydrogens is 224 g/mol. The maximum Gasteiger partial charge on any atom is 0.191 e. The summed E-state index contributed by atoms with van der Waals surface area (Å²) in [5.41, 5.74) is 0. The van der Waals surface area contributed by atoms with Crippen molar-refractivity contribution in [2.24, 2.45) is 4.99 Å². The Morgan fingerprint density at radius 3 is 2.56 bits per heavy atom. The smallest absolute Gasteiger partial charge is 0.191 e. The van der Waals surface area contributed by atoms with Crippen LogP contribution in [-0.4, -0.2) is 49.6 Å². The highest BCUT2D eigenvalue weighted by atomic mass is 15.2. The molecule has 0 aromatic carbocycles. The number of hydrogen-bond acceptors (Lipinski definition) is 2. The van der Waals surface area contributed by atoms with Gasteiger partial charge in [0.25, 0.3) is 0 Å². The van der Waals surface area contributed by atoms with Gasteiger partial charge in [-0.15, -0.1) is 0 Å². The van der Waals surface area contributed by atoms with Gasteiger partial charge >= 0.3 is 0 Å². The summed E-state index contributed by atoms with van der Waals surface area (Å²) < 4.78 is 0. The molecule has 18 heavy (non-hydrogen) atoms. The highest BCUT2D eigenvalue weighted by molar-refractivity contribution is 5.80. The van der Waals surface area contributed by atoms with Gasteiger partial charge in [0.1, 0.15) is 0 Å². The van der Waals surface area contributed by atoms with E-state index in [2.05, 4.69) is 34.5 Å². The second kappa shape index (κ2) is 6.98. The summed E-state index contributed by atoms with van der Waals surface area (Å²) in [7, 11) is 2.24. The van der Waals surface area contributed by atoms with Gasteiger partial charge in [0, 0.05) is 25.2 Å². The molecule has 2 rings (SSSR count). The Labute approximate surface area is 111 Å². The Bertz CT molecular complexity index is 267. The molecule has 0 aliphatic heterocycles. The summed E-state index contributed by atoms with van der Waals surface area (Å²) in [4.78, 5) is 7.14. The standard InChI is InChI=1S/C14H28N4/c1-3-15-14(17-12-8-9-12)16-10-11-18(2)13-6-4-5-7-13/h12-13H,3-11H2,1-2H3,(H2,15,16,17). The third-order valence-electron chi connectivity index (χ3n) is 3.93. The van der Waals surface area contributed by atoms with Crippen LogP contribution in [0.2, 0.25) is 0 Å². The fourth-order valence-corrected chi connectivity index (χ4v) is 2.59. The van der Waals surface area contributed by atoms with Gasteiger partial charge in [-0.05, 0) is 39.7 Å². The third-order valence-corrected chi connectivity index (χ3v) is 3.93. The SMILES string of the molecule is CCNC(=NCCN(C)C1CCCC1)NC1CC1. The van der Waals surface area contributed by atoms with E-state index < -0.39 is 0 Å². The van der Waals surface area contributed by atoms with Crippen LogP contribution in [0.4, 0.5) is 0 Å². The number of aliphatic imine (C=N–C) groups is 1. The monoisotopic (exact) mass is 252 g/mol. The zero-order valence-corrected chi connectivity index (χ0v) is 11.9. The first-order chi connectivity index (χ1) is 8.79. The second-order valence-corrected chi connectivity index (χ2v) is 5.60. The molecule has 0 amide bonds. The summed E-state index contributed by atoms with van der Waals surface area (Å²) >= 11 is 0. The second-order valence-electron chi connectivity index (χ2n) is 5.60. The summed E-state index contributed by atoms with van der Waals surface area (Å²) in [6, 6.07) is 1.48.